The summed E-state index contributed by atoms with van der Waals surface area (Å²) < 4.78 is 128. The molecular formula is C5HF11. The van der Waals surface area contributed by atoms with Crippen molar-refractivity contribution in [2.24, 2.45) is 0 Å². The van der Waals surface area contributed by atoms with Crippen molar-refractivity contribution >= 4 is 0 Å². The first-order chi connectivity index (χ1) is 6.65. The largest absolute Gasteiger partial charge is 0.434 e. The Morgan fingerprint density at radius 1 is 0.562 bits per heavy atom. The van der Waals surface area contributed by atoms with Gasteiger partial charge in [-0.3, -0.25) is 0 Å². The van der Waals surface area contributed by atoms with E-state index >= 15 is 0 Å². The maximum atomic E-state index is 12.4. The van der Waals surface area contributed by atoms with Crippen molar-refractivity contribution in [1.82, 2.24) is 0 Å². The third-order valence-corrected chi connectivity index (χ3v) is 1.46. The molecule has 0 N–H and O–H groups in total. The lowest BCUT2D eigenvalue weighted by Gasteiger charge is -2.33. The fourth-order valence-electron chi connectivity index (χ4n) is 0.674. The molecule has 0 radical (unpaired) electrons. The Hall–Kier alpha value is -0.770. The van der Waals surface area contributed by atoms with Crippen molar-refractivity contribution in [3.63, 3.8) is 0 Å². The second-order valence-corrected chi connectivity index (χ2v) is 2.61. The molecule has 0 aliphatic carbocycles. The van der Waals surface area contributed by atoms with E-state index in [-0.39, 0.29) is 0 Å². The summed E-state index contributed by atoms with van der Waals surface area (Å²) in [4.78, 5) is 0. The summed E-state index contributed by atoms with van der Waals surface area (Å²) in [5, 5.41) is 0. The second-order valence-electron chi connectivity index (χ2n) is 2.61. The Morgan fingerprint density at radius 3 is 0.875 bits per heavy atom. The van der Waals surface area contributed by atoms with Crippen LogP contribution in [0.15, 0.2) is 0 Å². The molecule has 0 amide bonds. The highest BCUT2D eigenvalue weighted by Crippen LogP contribution is 2.52. The van der Waals surface area contributed by atoms with Crippen LogP contribution in [-0.2, 0) is 0 Å². The molecule has 0 heterocycles. The molecule has 0 bridgehead atoms. The van der Waals surface area contributed by atoms with Gasteiger partial charge in [-0.1, -0.05) is 0 Å². The zero-order valence-corrected chi connectivity index (χ0v) is 6.73. The van der Waals surface area contributed by atoms with Crippen LogP contribution in [0.25, 0.3) is 0 Å². The molecule has 98 valence electrons. The van der Waals surface area contributed by atoms with Crippen LogP contribution in [0, 0.1) is 0 Å². The number of alkyl halides is 11. The Balaban J connectivity index is 5.63. The lowest BCUT2D eigenvalue weighted by atomic mass is 9.98. The van der Waals surface area contributed by atoms with Crippen LogP contribution in [-0.4, -0.2) is 30.4 Å². The third-order valence-electron chi connectivity index (χ3n) is 1.46. The van der Waals surface area contributed by atoms with E-state index < -0.39 is 30.4 Å². The molecule has 0 aliphatic heterocycles. The summed E-state index contributed by atoms with van der Waals surface area (Å²) in [6.45, 7) is 0. The fraction of sp³-hybridized carbons (Fsp3) is 1.00. The predicted molar refractivity (Wildman–Crippen MR) is 26.9 cm³/mol. The summed E-state index contributed by atoms with van der Waals surface area (Å²) in [6, 6.07) is 0. The van der Waals surface area contributed by atoms with Gasteiger partial charge in [0.1, 0.15) is 0 Å². The van der Waals surface area contributed by atoms with Crippen molar-refractivity contribution in [2.75, 3.05) is 0 Å². The first kappa shape index (κ1) is 15.2. The van der Waals surface area contributed by atoms with Gasteiger partial charge in [0.25, 0.3) is 0 Å². The van der Waals surface area contributed by atoms with Crippen molar-refractivity contribution < 1.29 is 48.3 Å². The van der Waals surface area contributed by atoms with Crippen LogP contribution in [0.4, 0.5) is 48.3 Å². The second kappa shape index (κ2) is 3.62. The first-order valence-electron chi connectivity index (χ1n) is 3.19. The molecule has 0 rings (SSSR count). The Morgan fingerprint density at radius 2 is 0.812 bits per heavy atom. The third kappa shape index (κ3) is 2.32. The molecular weight excluding hydrogens is 269 g/mol. The molecule has 0 aliphatic rings. The molecule has 0 aromatic heterocycles. The molecule has 0 spiro atoms. The van der Waals surface area contributed by atoms with Gasteiger partial charge in [0.2, 0.25) is 6.17 Å². The molecule has 16 heavy (non-hydrogen) atoms. The van der Waals surface area contributed by atoms with E-state index in [1.54, 1.807) is 0 Å². The van der Waals surface area contributed by atoms with E-state index in [1.807, 2.05) is 0 Å². The van der Waals surface area contributed by atoms with E-state index in [0.29, 0.717) is 0 Å². The Labute approximate surface area is 80.0 Å². The van der Waals surface area contributed by atoms with E-state index in [0.717, 1.165) is 0 Å². The van der Waals surface area contributed by atoms with Gasteiger partial charge in [0.15, 0.2) is 0 Å². The lowest BCUT2D eigenvalue weighted by molar-refractivity contribution is -0.385. The highest BCUT2D eigenvalue weighted by atomic mass is 19.4. The minimum absolute atomic E-state index is 5.74. The fourth-order valence-corrected chi connectivity index (χ4v) is 0.674. The number of hydrogen-bond donors (Lipinski definition) is 0. The first-order valence-corrected chi connectivity index (χ1v) is 3.19. The molecule has 0 saturated carbocycles. The van der Waals surface area contributed by atoms with E-state index in [9.17, 15) is 48.3 Å². The highest BCUT2D eigenvalue weighted by molar-refractivity contribution is 5.03. The van der Waals surface area contributed by atoms with Crippen LogP contribution >= 0.6 is 0 Å². The van der Waals surface area contributed by atoms with Crippen LogP contribution in [0.3, 0.4) is 0 Å². The van der Waals surface area contributed by atoms with Crippen LogP contribution < -0.4 is 0 Å². The van der Waals surface area contributed by atoms with Crippen molar-refractivity contribution in [3.05, 3.63) is 0 Å². The van der Waals surface area contributed by atoms with Gasteiger partial charge >= 0.3 is 24.2 Å². The number of rotatable bonds is 1. The average molecular weight is 270 g/mol. The number of hydrogen-bond acceptors (Lipinski definition) is 0. The maximum absolute atomic E-state index is 12.4. The zero-order chi connectivity index (χ0) is 13.6. The SMILES string of the molecule is FC(C(F)(F)F)C(F)(C(F)(F)F)C(F)(F)F. The van der Waals surface area contributed by atoms with E-state index in [1.165, 1.54) is 0 Å². The molecule has 0 aromatic rings. The number of halogens is 11. The van der Waals surface area contributed by atoms with Crippen LogP contribution in [0.1, 0.15) is 0 Å². The van der Waals surface area contributed by atoms with Gasteiger partial charge in [0, 0.05) is 0 Å². The molecule has 1 atom stereocenters. The average Bonchev–Trinajstić information content (AvgIpc) is 1.95. The summed E-state index contributed by atoms with van der Waals surface area (Å²) >= 11 is 0. The molecule has 0 aromatic carbocycles. The standard InChI is InChI=1S/C5HF11/c6-1(3(8,9)10)2(7,4(11,12)13)5(14,15)16/h1H. The van der Waals surface area contributed by atoms with Gasteiger partial charge < -0.3 is 0 Å². The highest BCUT2D eigenvalue weighted by Gasteiger charge is 2.81. The Kier molecular flexibility index (Phi) is 3.45. The summed E-state index contributed by atoms with van der Waals surface area (Å²) in [5.74, 6) is 0. The topological polar surface area (TPSA) is 0 Å². The molecule has 0 nitrogen and oxygen atoms in total. The molecule has 1 unspecified atom stereocenters. The normalized spacial score (nSPS) is 17.4. The van der Waals surface area contributed by atoms with Crippen molar-refractivity contribution in [3.8, 4) is 0 Å². The minimum Gasteiger partial charge on any atom is -0.233 e. The minimum atomic E-state index is -7.07. The molecule has 0 saturated heterocycles. The summed E-state index contributed by atoms with van der Waals surface area (Å²) in [7, 11) is 0. The zero-order valence-electron chi connectivity index (χ0n) is 6.73. The molecule has 0 fully saturated rings. The quantitative estimate of drug-likeness (QED) is 0.637. The van der Waals surface area contributed by atoms with Gasteiger partial charge in [-0.15, -0.1) is 0 Å². The van der Waals surface area contributed by atoms with Crippen molar-refractivity contribution in [2.45, 2.75) is 30.4 Å². The maximum Gasteiger partial charge on any atom is 0.434 e. The smallest absolute Gasteiger partial charge is 0.233 e. The Bertz CT molecular complexity index is 227. The van der Waals surface area contributed by atoms with Gasteiger partial charge in [-0.2, -0.15) is 39.5 Å². The van der Waals surface area contributed by atoms with Crippen LogP contribution in [0.5, 0.6) is 0 Å². The lowest BCUT2D eigenvalue weighted by Crippen LogP contribution is -2.63. The monoisotopic (exact) mass is 270 g/mol. The van der Waals surface area contributed by atoms with Gasteiger partial charge in [0.05, 0.1) is 0 Å². The summed E-state index contributed by atoms with van der Waals surface area (Å²) in [5.41, 5.74) is -6.97. The van der Waals surface area contributed by atoms with E-state index in [4.69, 9.17) is 0 Å². The van der Waals surface area contributed by atoms with Gasteiger partial charge in [-0.05, 0) is 0 Å². The van der Waals surface area contributed by atoms with Gasteiger partial charge in [-0.25, -0.2) is 8.78 Å². The van der Waals surface area contributed by atoms with Crippen LogP contribution in [0.2, 0.25) is 0 Å². The molecule has 11 heteroatoms. The van der Waals surface area contributed by atoms with E-state index in [2.05, 4.69) is 0 Å². The summed E-state index contributed by atoms with van der Waals surface area (Å²) in [6.07, 6.45) is -26.5. The van der Waals surface area contributed by atoms with Crippen molar-refractivity contribution in [1.29, 1.82) is 0 Å². The predicted octanol–water partition coefficient (Wildman–Crippen LogP) is 3.72.